The van der Waals surface area contributed by atoms with E-state index in [2.05, 4.69) is 0 Å². The van der Waals surface area contributed by atoms with Gasteiger partial charge in [-0.1, -0.05) is 12.1 Å². The van der Waals surface area contributed by atoms with Gasteiger partial charge >= 0.3 is 0 Å². The summed E-state index contributed by atoms with van der Waals surface area (Å²) in [5.74, 6) is 0.891. The Bertz CT molecular complexity index is 317. The number of ether oxygens (including phenoxy) is 2. The highest BCUT2D eigenvalue weighted by Crippen LogP contribution is 2.32. The summed E-state index contributed by atoms with van der Waals surface area (Å²) in [4.78, 5) is 0. The fourth-order valence-electron chi connectivity index (χ4n) is 1.96. The number of rotatable bonds is 4. The molecular formula is C13H17ClO2. The van der Waals surface area contributed by atoms with Crippen LogP contribution in [0.3, 0.4) is 0 Å². The molecule has 1 fully saturated rings. The van der Waals surface area contributed by atoms with Crippen molar-refractivity contribution in [2.45, 2.75) is 31.2 Å². The van der Waals surface area contributed by atoms with E-state index in [9.17, 15) is 0 Å². The summed E-state index contributed by atoms with van der Waals surface area (Å²) in [7, 11) is 0. The van der Waals surface area contributed by atoms with Crippen molar-refractivity contribution in [1.82, 2.24) is 0 Å². The second-order valence-electron chi connectivity index (χ2n) is 3.96. The summed E-state index contributed by atoms with van der Waals surface area (Å²) in [6.07, 6.45) is 2.34. The number of alkyl halides is 1. The molecule has 2 rings (SSSR count). The highest BCUT2D eigenvalue weighted by atomic mass is 35.5. The first-order valence-corrected chi connectivity index (χ1v) is 6.23. The molecule has 2 nitrogen and oxygen atoms in total. The van der Waals surface area contributed by atoms with Gasteiger partial charge in [0.1, 0.15) is 5.75 Å². The van der Waals surface area contributed by atoms with Crippen LogP contribution in [-0.4, -0.2) is 19.3 Å². The molecule has 1 aromatic carbocycles. The second-order valence-corrected chi connectivity index (χ2v) is 4.43. The second kappa shape index (κ2) is 5.55. The summed E-state index contributed by atoms with van der Waals surface area (Å²) in [6.45, 7) is 3.50. The largest absolute Gasteiger partial charge is 0.494 e. The number of hydrogen-bond donors (Lipinski definition) is 0. The predicted molar refractivity (Wildman–Crippen MR) is 65.2 cm³/mol. The van der Waals surface area contributed by atoms with Crippen LogP contribution >= 0.6 is 11.6 Å². The highest BCUT2D eigenvalue weighted by molar-refractivity contribution is 6.21. The van der Waals surface area contributed by atoms with Crippen LogP contribution < -0.4 is 4.74 Å². The van der Waals surface area contributed by atoms with Crippen LogP contribution in [0.2, 0.25) is 0 Å². The van der Waals surface area contributed by atoms with Gasteiger partial charge in [-0.2, -0.15) is 0 Å². The van der Waals surface area contributed by atoms with Crippen LogP contribution in [0.25, 0.3) is 0 Å². The van der Waals surface area contributed by atoms with Crippen molar-refractivity contribution < 1.29 is 9.47 Å². The van der Waals surface area contributed by atoms with Gasteiger partial charge in [0.2, 0.25) is 0 Å². The third kappa shape index (κ3) is 2.69. The molecule has 0 bridgehead atoms. The van der Waals surface area contributed by atoms with Gasteiger partial charge in [0.05, 0.1) is 18.1 Å². The third-order valence-electron chi connectivity index (χ3n) is 2.80. The van der Waals surface area contributed by atoms with E-state index in [0.717, 1.165) is 30.8 Å². The zero-order valence-electron chi connectivity index (χ0n) is 9.49. The van der Waals surface area contributed by atoms with Crippen molar-refractivity contribution in [3.8, 4) is 5.75 Å². The van der Waals surface area contributed by atoms with Crippen molar-refractivity contribution in [3.05, 3.63) is 29.8 Å². The standard InChI is InChI=1S/C13H17ClO2/c1-2-15-11-7-5-10(6-8-11)13(14)12-4-3-9-16-12/h5-8,12-13H,2-4,9H2,1H3. The summed E-state index contributed by atoms with van der Waals surface area (Å²) in [5.41, 5.74) is 1.11. The van der Waals surface area contributed by atoms with E-state index in [-0.39, 0.29) is 11.5 Å². The van der Waals surface area contributed by atoms with Crippen molar-refractivity contribution >= 4 is 11.6 Å². The Morgan fingerprint density at radius 3 is 2.75 bits per heavy atom. The number of benzene rings is 1. The highest BCUT2D eigenvalue weighted by Gasteiger charge is 2.25. The van der Waals surface area contributed by atoms with Crippen molar-refractivity contribution in [1.29, 1.82) is 0 Å². The van der Waals surface area contributed by atoms with E-state index < -0.39 is 0 Å². The van der Waals surface area contributed by atoms with Crippen LogP contribution in [0.4, 0.5) is 0 Å². The van der Waals surface area contributed by atoms with Gasteiger partial charge in [0, 0.05) is 6.61 Å². The van der Waals surface area contributed by atoms with E-state index in [1.54, 1.807) is 0 Å². The normalized spacial score (nSPS) is 22.0. The lowest BCUT2D eigenvalue weighted by Crippen LogP contribution is -2.12. The molecule has 16 heavy (non-hydrogen) atoms. The zero-order chi connectivity index (χ0) is 11.4. The Balaban J connectivity index is 2.02. The van der Waals surface area contributed by atoms with Gasteiger partial charge in [-0.05, 0) is 37.5 Å². The minimum absolute atomic E-state index is 0.0434. The lowest BCUT2D eigenvalue weighted by molar-refractivity contribution is 0.107. The number of hydrogen-bond acceptors (Lipinski definition) is 2. The van der Waals surface area contributed by atoms with E-state index in [0.29, 0.717) is 6.61 Å². The molecule has 2 atom stereocenters. The van der Waals surface area contributed by atoms with Crippen LogP contribution in [0.5, 0.6) is 5.75 Å². The maximum Gasteiger partial charge on any atom is 0.119 e. The molecule has 2 unspecified atom stereocenters. The van der Waals surface area contributed by atoms with Crippen molar-refractivity contribution in [3.63, 3.8) is 0 Å². The van der Waals surface area contributed by atoms with E-state index >= 15 is 0 Å². The third-order valence-corrected chi connectivity index (χ3v) is 3.33. The van der Waals surface area contributed by atoms with Crippen LogP contribution in [-0.2, 0) is 4.74 Å². The first-order valence-electron chi connectivity index (χ1n) is 5.79. The smallest absolute Gasteiger partial charge is 0.119 e. The number of halogens is 1. The van der Waals surface area contributed by atoms with E-state index in [1.807, 2.05) is 31.2 Å². The van der Waals surface area contributed by atoms with Crippen molar-refractivity contribution in [2.75, 3.05) is 13.2 Å². The van der Waals surface area contributed by atoms with E-state index in [1.165, 1.54) is 0 Å². The van der Waals surface area contributed by atoms with Gasteiger partial charge in [0.15, 0.2) is 0 Å². The molecule has 3 heteroatoms. The first-order chi connectivity index (χ1) is 7.81. The van der Waals surface area contributed by atoms with E-state index in [4.69, 9.17) is 21.1 Å². The minimum Gasteiger partial charge on any atom is -0.494 e. The molecule has 88 valence electrons. The molecule has 0 aliphatic carbocycles. The molecule has 0 spiro atoms. The lowest BCUT2D eigenvalue weighted by atomic mass is 10.1. The molecule has 1 saturated heterocycles. The SMILES string of the molecule is CCOc1ccc(C(Cl)C2CCCO2)cc1. The fraction of sp³-hybridized carbons (Fsp3) is 0.538. The predicted octanol–water partition coefficient (Wildman–Crippen LogP) is 3.54. The summed E-state index contributed by atoms with van der Waals surface area (Å²) in [6, 6.07) is 7.96. The summed E-state index contributed by atoms with van der Waals surface area (Å²) in [5, 5.41) is -0.0434. The minimum atomic E-state index is -0.0434. The van der Waals surface area contributed by atoms with Gasteiger partial charge in [0.25, 0.3) is 0 Å². The Morgan fingerprint density at radius 1 is 1.44 bits per heavy atom. The first kappa shape index (κ1) is 11.7. The summed E-state index contributed by atoms with van der Waals surface area (Å²) < 4.78 is 11.0. The molecule has 1 aromatic rings. The van der Waals surface area contributed by atoms with Crippen LogP contribution in [0.1, 0.15) is 30.7 Å². The topological polar surface area (TPSA) is 18.5 Å². The Hall–Kier alpha value is -0.730. The van der Waals surface area contributed by atoms with Crippen molar-refractivity contribution in [2.24, 2.45) is 0 Å². The van der Waals surface area contributed by atoms with Crippen LogP contribution in [0.15, 0.2) is 24.3 Å². The summed E-state index contributed by atoms with van der Waals surface area (Å²) >= 11 is 6.38. The Morgan fingerprint density at radius 2 is 2.19 bits per heavy atom. The molecule has 1 aliphatic heterocycles. The maximum atomic E-state index is 6.38. The Labute approximate surface area is 102 Å². The monoisotopic (exact) mass is 240 g/mol. The molecule has 0 radical (unpaired) electrons. The van der Waals surface area contributed by atoms with Gasteiger partial charge in [-0.25, -0.2) is 0 Å². The zero-order valence-corrected chi connectivity index (χ0v) is 10.2. The molecule has 1 heterocycles. The average molecular weight is 241 g/mol. The van der Waals surface area contributed by atoms with Gasteiger partial charge < -0.3 is 9.47 Å². The fourth-order valence-corrected chi connectivity index (χ4v) is 2.31. The van der Waals surface area contributed by atoms with Gasteiger partial charge in [-0.15, -0.1) is 11.6 Å². The molecule has 0 saturated carbocycles. The molecule has 1 aliphatic rings. The maximum absolute atomic E-state index is 6.38. The van der Waals surface area contributed by atoms with Gasteiger partial charge in [-0.3, -0.25) is 0 Å². The lowest BCUT2D eigenvalue weighted by Gasteiger charge is -2.17. The van der Waals surface area contributed by atoms with Crippen LogP contribution in [0, 0.1) is 0 Å². The Kier molecular flexibility index (Phi) is 4.08. The quantitative estimate of drug-likeness (QED) is 0.750. The molecule has 0 aromatic heterocycles. The molecule has 0 amide bonds. The average Bonchev–Trinajstić information content (AvgIpc) is 2.83. The molecular weight excluding hydrogens is 224 g/mol. The molecule has 0 N–H and O–H groups in total.